The van der Waals surface area contributed by atoms with E-state index in [9.17, 15) is 0 Å². The first-order valence-corrected chi connectivity index (χ1v) is 7.69. The summed E-state index contributed by atoms with van der Waals surface area (Å²) in [4.78, 5) is 3.61. The minimum atomic E-state index is 0.988. The Kier molecular flexibility index (Phi) is 7.40. The number of benzene rings is 1. The maximum Gasteiger partial charge on any atom is 0.0208 e. The molecule has 1 aromatic carbocycles. The molecule has 0 saturated carbocycles. The van der Waals surface area contributed by atoms with Crippen LogP contribution >= 0.6 is 11.8 Å². The van der Waals surface area contributed by atoms with E-state index < -0.39 is 0 Å². The SMILES string of the molecule is CCCNCc1ccc(SCCN(C)C)cc1C. The van der Waals surface area contributed by atoms with Crippen molar-refractivity contribution in [1.82, 2.24) is 10.2 Å². The lowest BCUT2D eigenvalue weighted by Gasteiger charge is -2.11. The molecular weight excluding hydrogens is 240 g/mol. The summed E-state index contributed by atoms with van der Waals surface area (Å²) in [5.74, 6) is 1.15. The van der Waals surface area contributed by atoms with Gasteiger partial charge in [-0.15, -0.1) is 11.8 Å². The molecule has 0 amide bonds. The van der Waals surface area contributed by atoms with E-state index in [0.29, 0.717) is 0 Å². The molecule has 0 spiro atoms. The van der Waals surface area contributed by atoms with Crippen molar-refractivity contribution in [2.75, 3.05) is 32.9 Å². The van der Waals surface area contributed by atoms with Gasteiger partial charge in [-0.3, -0.25) is 0 Å². The van der Waals surface area contributed by atoms with Crippen LogP contribution in [0.5, 0.6) is 0 Å². The van der Waals surface area contributed by atoms with E-state index in [1.54, 1.807) is 0 Å². The Morgan fingerprint density at radius 2 is 2.06 bits per heavy atom. The highest BCUT2D eigenvalue weighted by Crippen LogP contribution is 2.21. The average molecular weight is 266 g/mol. The second-order valence-corrected chi connectivity index (χ2v) is 6.09. The zero-order chi connectivity index (χ0) is 13.4. The Balaban J connectivity index is 2.45. The number of hydrogen-bond acceptors (Lipinski definition) is 3. The third-order valence-electron chi connectivity index (χ3n) is 2.86. The van der Waals surface area contributed by atoms with Crippen LogP contribution in [-0.4, -0.2) is 37.8 Å². The van der Waals surface area contributed by atoms with Crippen LogP contribution in [0.4, 0.5) is 0 Å². The second-order valence-electron chi connectivity index (χ2n) is 4.92. The molecular formula is C15H26N2S. The van der Waals surface area contributed by atoms with Crippen molar-refractivity contribution < 1.29 is 0 Å². The first-order valence-electron chi connectivity index (χ1n) is 6.71. The fourth-order valence-corrected chi connectivity index (χ4v) is 2.82. The van der Waals surface area contributed by atoms with Crippen LogP contribution in [0, 0.1) is 6.92 Å². The van der Waals surface area contributed by atoms with E-state index in [1.807, 2.05) is 11.8 Å². The highest BCUT2D eigenvalue weighted by atomic mass is 32.2. The summed E-state index contributed by atoms with van der Waals surface area (Å²) in [7, 11) is 4.24. The third kappa shape index (κ3) is 5.89. The number of thioether (sulfide) groups is 1. The smallest absolute Gasteiger partial charge is 0.0208 e. The molecule has 2 nitrogen and oxygen atoms in total. The molecule has 3 heteroatoms. The molecule has 1 aromatic rings. The molecule has 0 saturated heterocycles. The summed E-state index contributed by atoms with van der Waals surface area (Å²) in [6.45, 7) is 7.62. The number of aryl methyl sites for hydroxylation is 1. The zero-order valence-corrected chi connectivity index (χ0v) is 12.9. The summed E-state index contributed by atoms with van der Waals surface area (Å²) in [5, 5.41) is 3.46. The summed E-state index contributed by atoms with van der Waals surface area (Å²) in [6, 6.07) is 6.82. The van der Waals surface area contributed by atoms with Crippen LogP contribution in [0.1, 0.15) is 24.5 Å². The minimum absolute atomic E-state index is 0.988. The van der Waals surface area contributed by atoms with Gasteiger partial charge in [-0.2, -0.15) is 0 Å². The van der Waals surface area contributed by atoms with Crippen molar-refractivity contribution in [3.63, 3.8) is 0 Å². The van der Waals surface area contributed by atoms with Gasteiger partial charge in [0, 0.05) is 23.7 Å². The molecule has 0 unspecified atom stereocenters. The van der Waals surface area contributed by atoms with E-state index in [-0.39, 0.29) is 0 Å². The molecule has 0 aliphatic rings. The normalized spacial score (nSPS) is 11.2. The topological polar surface area (TPSA) is 15.3 Å². The zero-order valence-electron chi connectivity index (χ0n) is 12.1. The highest BCUT2D eigenvalue weighted by Gasteiger charge is 2.01. The fourth-order valence-electron chi connectivity index (χ4n) is 1.70. The highest BCUT2D eigenvalue weighted by molar-refractivity contribution is 7.99. The van der Waals surface area contributed by atoms with Crippen molar-refractivity contribution in [3.05, 3.63) is 29.3 Å². The molecule has 0 heterocycles. The van der Waals surface area contributed by atoms with Gasteiger partial charge in [0.05, 0.1) is 0 Å². The van der Waals surface area contributed by atoms with Gasteiger partial charge in [0.1, 0.15) is 0 Å². The Hall–Kier alpha value is -0.510. The Bertz CT molecular complexity index is 350. The van der Waals surface area contributed by atoms with E-state index in [0.717, 1.165) is 25.4 Å². The molecule has 0 bridgehead atoms. The summed E-state index contributed by atoms with van der Waals surface area (Å²) < 4.78 is 0. The van der Waals surface area contributed by atoms with Gasteiger partial charge in [0.15, 0.2) is 0 Å². The minimum Gasteiger partial charge on any atom is -0.313 e. The summed E-state index contributed by atoms with van der Waals surface area (Å²) >= 11 is 1.94. The molecule has 0 atom stereocenters. The summed E-state index contributed by atoms with van der Waals surface area (Å²) in [6.07, 6.45) is 1.19. The predicted octanol–water partition coefficient (Wildman–Crippen LogP) is 3.15. The van der Waals surface area contributed by atoms with Crippen molar-refractivity contribution in [3.8, 4) is 0 Å². The van der Waals surface area contributed by atoms with Crippen LogP contribution in [0.2, 0.25) is 0 Å². The lowest BCUT2D eigenvalue weighted by atomic mass is 10.1. The number of nitrogens with one attached hydrogen (secondary N) is 1. The summed E-state index contributed by atoms with van der Waals surface area (Å²) in [5.41, 5.74) is 2.81. The van der Waals surface area contributed by atoms with Crippen molar-refractivity contribution in [2.24, 2.45) is 0 Å². The molecule has 0 aromatic heterocycles. The first kappa shape index (κ1) is 15.5. The molecule has 0 aliphatic heterocycles. The Morgan fingerprint density at radius 1 is 1.28 bits per heavy atom. The first-order chi connectivity index (χ1) is 8.63. The van der Waals surface area contributed by atoms with Crippen molar-refractivity contribution >= 4 is 11.8 Å². The number of nitrogens with zero attached hydrogens (tertiary/aromatic N) is 1. The molecule has 0 fully saturated rings. The standard InChI is InChI=1S/C15H26N2S/c1-5-8-16-12-14-6-7-15(11-13(14)2)18-10-9-17(3)4/h6-7,11,16H,5,8-10,12H2,1-4H3. The van der Waals surface area contributed by atoms with Gasteiger partial charge >= 0.3 is 0 Å². The van der Waals surface area contributed by atoms with Gasteiger partial charge in [-0.05, 0) is 57.2 Å². The predicted molar refractivity (Wildman–Crippen MR) is 82.5 cm³/mol. The number of rotatable bonds is 8. The van der Waals surface area contributed by atoms with E-state index in [1.165, 1.54) is 22.4 Å². The van der Waals surface area contributed by atoms with E-state index in [2.05, 4.69) is 56.4 Å². The van der Waals surface area contributed by atoms with Gasteiger partial charge in [-0.25, -0.2) is 0 Å². The van der Waals surface area contributed by atoms with Gasteiger partial charge in [0.25, 0.3) is 0 Å². The maximum atomic E-state index is 3.46. The quantitative estimate of drug-likeness (QED) is 0.575. The van der Waals surface area contributed by atoms with Crippen molar-refractivity contribution in [1.29, 1.82) is 0 Å². The van der Waals surface area contributed by atoms with Crippen LogP contribution in [-0.2, 0) is 6.54 Å². The van der Waals surface area contributed by atoms with Crippen LogP contribution in [0.15, 0.2) is 23.1 Å². The monoisotopic (exact) mass is 266 g/mol. The van der Waals surface area contributed by atoms with Crippen LogP contribution in [0.25, 0.3) is 0 Å². The molecule has 0 aliphatic carbocycles. The molecule has 0 radical (unpaired) electrons. The van der Waals surface area contributed by atoms with Gasteiger partial charge in [0.2, 0.25) is 0 Å². The second kappa shape index (κ2) is 8.57. The Labute approximate surface area is 116 Å². The van der Waals surface area contributed by atoms with Crippen LogP contribution in [0.3, 0.4) is 0 Å². The van der Waals surface area contributed by atoms with Gasteiger partial charge < -0.3 is 10.2 Å². The third-order valence-corrected chi connectivity index (χ3v) is 3.84. The molecule has 1 N–H and O–H groups in total. The van der Waals surface area contributed by atoms with E-state index in [4.69, 9.17) is 0 Å². The van der Waals surface area contributed by atoms with Crippen molar-refractivity contribution in [2.45, 2.75) is 31.7 Å². The number of hydrogen-bond donors (Lipinski definition) is 1. The van der Waals surface area contributed by atoms with Gasteiger partial charge in [-0.1, -0.05) is 13.0 Å². The lowest BCUT2D eigenvalue weighted by molar-refractivity contribution is 0.437. The average Bonchev–Trinajstić information content (AvgIpc) is 2.31. The lowest BCUT2D eigenvalue weighted by Crippen LogP contribution is -2.15. The molecule has 18 heavy (non-hydrogen) atoms. The molecule has 102 valence electrons. The largest absolute Gasteiger partial charge is 0.313 e. The maximum absolute atomic E-state index is 3.46. The van der Waals surface area contributed by atoms with E-state index >= 15 is 0 Å². The van der Waals surface area contributed by atoms with Crippen LogP contribution < -0.4 is 5.32 Å². The molecule has 1 rings (SSSR count). The fraction of sp³-hybridized carbons (Fsp3) is 0.600. The Morgan fingerprint density at radius 3 is 2.67 bits per heavy atom.